The minimum Gasteiger partial charge on any atom is -0.489 e. The van der Waals surface area contributed by atoms with Crippen LogP contribution in [0.5, 0.6) is 5.75 Å². The summed E-state index contributed by atoms with van der Waals surface area (Å²) in [6, 6.07) is 4.62. The zero-order chi connectivity index (χ0) is 13.4. The number of non-ortho nitro benzene ring substituents is 1. The molecule has 0 aliphatic heterocycles. The normalized spacial score (nSPS) is 10.1. The third-order valence-electron chi connectivity index (χ3n) is 2.35. The molecule has 0 aromatic heterocycles. The van der Waals surface area contributed by atoms with E-state index in [4.69, 9.17) is 4.74 Å². The highest BCUT2D eigenvalue weighted by Crippen LogP contribution is 2.24. The quantitative estimate of drug-likeness (QED) is 0.333. The largest absolute Gasteiger partial charge is 0.489 e. The van der Waals surface area contributed by atoms with Gasteiger partial charge in [-0.05, 0) is 19.0 Å². The van der Waals surface area contributed by atoms with Crippen LogP contribution in [0, 0.1) is 10.1 Å². The van der Waals surface area contributed by atoms with E-state index in [-0.39, 0.29) is 5.69 Å². The number of rotatable bonds is 8. The van der Waals surface area contributed by atoms with Gasteiger partial charge in [0.05, 0.1) is 4.92 Å². The highest BCUT2D eigenvalue weighted by Gasteiger charge is 2.11. The summed E-state index contributed by atoms with van der Waals surface area (Å²) in [6.07, 6.45) is 2.66. The predicted octanol–water partition coefficient (Wildman–Crippen LogP) is 2.66. The fourth-order valence-electron chi connectivity index (χ4n) is 1.51. The van der Waals surface area contributed by atoms with Gasteiger partial charge in [0.2, 0.25) is 0 Å². The lowest BCUT2D eigenvalue weighted by molar-refractivity contribution is -0.384. The molecule has 0 aliphatic carbocycles. The first-order chi connectivity index (χ1) is 8.69. The maximum absolute atomic E-state index is 10.7. The molecule has 1 N–H and O–H groups in total. The number of nitro benzene ring substituents is 1. The first-order valence-electron chi connectivity index (χ1n) is 5.90. The average molecular weight is 250 g/mol. The van der Waals surface area contributed by atoms with Crippen LogP contribution < -0.4 is 10.1 Å². The molecule has 0 fully saturated rings. The summed E-state index contributed by atoms with van der Waals surface area (Å²) in [5.41, 5.74) is 0.869. The highest BCUT2D eigenvalue weighted by molar-refractivity contribution is 5.43. The molecule has 5 nitrogen and oxygen atoms in total. The SMILES string of the molecule is C=CCOc1ccc([N+](=O)[O-])cc1CNCCC. The molecule has 5 heteroatoms. The molecule has 0 saturated carbocycles. The molecular formula is C13H18N2O3. The van der Waals surface area contributed by atoms with Crippen molar-refractivity contribution in [2.45, 2.75) is 19.9 Å². The first-order valence-corrected chi connectivity index (χ1v) is 5.90. The lowest BCUT2D eigenvalue weighted by atomic mass is 10.1. The number of hydrogen-bond acceptors (Lipinski definition) is 4. The third kappa shape index (κ3) is 4.18. The zero-order valence-electron chi connectivity index (χ0n) is 10.5. The summed E-state index contributed by atoms with van der Waals surface area (Å²) in [6.45, 7) is 7.45. The monoisotopic (exact) mass is 250 g/mol. The maximum Gasteiger partial charge on any atom is 0.270 e. The summed E-state index contributed by atoms with van der Waals surface area (Å²) < 4.78 is 5.47. The lowest BCUT2D eigenvalue weighted by Gasteiger charge is -2.10. The number of nitrogens with zero attached hydrogens (tertiary/aromatic N) is 1. The minimum atomic E-state index is -0.402. The van der Waals surface area contributed by atoms with Gasteiger partial charge in [-0.3, -0.25) is 10.1 Å². The Morgan fingerprint density at radius 1 is 1.56 bits per heavy atom. The molecule has 0 spiro atoms. The summed E-state index contributed by atoms with van der Waals surface area (Å²) in [5, 5.41) is 13.9. The third-order valence-corrected chi connectivity index (χ3v) is 2.35. The molecule has 1 rings (SSSR count). The van der Waals surface area contributed by atoms with Crippen molar-refractivity contribution in [1.29, 1.82) is 0 Å². The van der Waals surface area contributed by atoms with E-state index in [1.54, 1.807) is 18.2 Å². The van der Waals surface area contributed by atoms with Crippen LogP contribution in [-0.4, -0.2) is 18.1 Å². The van der Waals surface area contributed by atoms with Crippen molar-refractivity contribution in [2.24, 2.45) is 0 Å². The Morgan fingerprint density at radius 2 is 2.33 bits per heavy atom. The van der Waals surface area contributed by atoms with Crippen LogP contribution in [0.2, 0.25) is 0 Å². The van der Waals surface area contributed by atoms with E-state index in [1.165, 1.54) is 6.07 Å². The van der Waals surface area contributed by atoms with Gasteiger partial charge in [0.1, 0.15) is 12.4 Å². The molecule has 0 aliphatic rings. The molecule has 1 aromatic rings. The van der Waals surface area contributed by atoms with Crippen molar-refractivity contribution in [3.8, 4) is 5.75 Å². The molecule has 0 amide bonds. The fourth-order valence-corrected chi connectivity index (χ4v) is 1.51. The zero-order valence-corrected chi connectivity index (χ0v) is 10.5. The van der Waals surface area contributed by atoms with Crippen LogP contribution in [0.25, 0.3) is 0 Å². The van der Waals surface area contributed by atoms with Crippen molar-refractivity contribution in [3.05, 3.63) is 46.5 Å². The maximum atomic E-state index is 10.7. The van der Waals surface area contributed by atoms with Gasteiger partial charge in [0, 0.05) is 24.2 Å². The first kappa shape index (κ1) is 14.2. The summed E-state index contributed by atoms with van der Waals surface area (Å²) in [5.74, 6) is 0.657. The van der Waals surface area contributed by atoms with Gasteiger partial charge in [-0.25, -0.2) is 0 Å². The lowest BCUT2D eigenvalue weighted by Crippen LogP contribution is -2.15. The van der Waals surface area contributed by atoms with Gasteiger partial charge in [0.25, 0.3) is 5.69 Å². The molecule has 1 aromatic carbocycles. The Morgan fingerprint density at radius 3 is 2.94 bits per heavy atom. The standard InChI is InChI=1S/C13H18N2O3/c1-3-7-14-10-11-9-12(15(16)17)5-6-13(11)18-8-4-2/h4-6,9,14H,2-3,7-8,10H2,1H3. The van der Waals surface area contributed by atoms with E-state index >= 15 is 0 Å². The van der Waals surface area contributed by atoms with E-state index < -0.39 is 4.92 Å². The Kier molecular flexibility index (Phi) is 5.87. The number of ether oxygens (including phenoxy) is 1. The van der Waals surface area contributed by atoms with E-state index in [2.05, 4.69) is 18.8 Å². The van der Waals surface area contributed by atoms with E-state index in [0.29, 0.717) is 18.9 Å². The van der Waals surface area contributed by atoms with Crippen LogP contribution in [-0.2, 0) is 6.54 Å². The van der Waals surface area contributed by atoms with Crippen molar-refractivity contribution < 1.29 is 9.66 Å². The smallest absolute Gasteiger partial charge is 0.270 e. The highest BCUT2D eigenvalue weighted by atomic mass is 16.6. The Labute approximate surface area is 107 Å². The van der Waals surface area contributed by atoms with Crippen molar-refractivity contribution in [2.75, 3.05) is 13.2 Å². The second-order valence-electron chi connectivity index (χ2n) is 3.83. The summed E-state index contributed by atoms with van der Waals surface area (Å²) >= 11 is 0. The number of hydrogen-bond donors (Lipinski definition) is 1. The van der Waals surface area contributed by atoms with Crippen molar-refractivity contribution in [1.82, 2.24) is 5.32 Å². The molecule has 0 radical (unpaired) electrons. The van der Waals surface area contributed by atoms with Gasteiger partial charge in [-0.1, -0.05) is 19.6 Å². The minimum absolute atomic E-state index is 0.0780. The van der Waals surface area contributed by atoms with Crippen LogP contribution in [0.1, 0.15) is 18.9 Å². The second kappa shape index (κ2) is 7.45. The molecule has 0 saturated heterocycles. The van der Waals surface area contributed by atoms with Crippen molar-refractivity contribution >= 4 is 5.69 Å². The summed E-state index contributed by atoms with van der Waals surface area (Å²) in [4.78, 5) is 10.3. The molecule has 0 heterocycles. The van der Waals surface area contributed by atoms with Gasteiger partial charge >= 0.3 is 0 Å². The molecule has 98 valence electrons. The molecule has 0 bridgehead atoms. The Hall–Kier alpha value is -1.88. The van der Waals surface area contributed by atoms with Gasteiger partial charge in [-0.2, -0.15) is 0 Å². The van der Waals surface area contributed by atoms with Crippen LogP contribution in [0.15, 0.2) is 30.9 Å². The fraction of sp³-hybridized carbons (Fsp3) is 0.385. The van der Waals surface area contributed by atoms with E-state index in [0.717, 1.165) is 18.5 Å². The van der Waals surface area contributed by atoms with E-state index in [1.807, 2.05) is 0 Å². The molecule has 0 unspecified atom stereocenters. The number of nitro groups is 1. The van der Waals surface area contributed by atoms with Gasteiger partial charge in [0.15, 0.2) is 0 Å². The average Bonchev–Trinajstić information content (AvgIpc) is 2.37. The van der Waals surface area contributed by atoms with Gasteiger partial charge < -0.3 is 10.1 Å². The predicted molar refractivity (Wildman–Crippen MR) is 70.8 cm³/mol. The Bertz CT molecular complexity index is 419. The van der Waals surface area contributed by atoms with Crippen LogP contribution in [0.4, 0.5) is 5.69 Å². The summed E-state index contributed by atoms with van der Waals surface area (Å²) in [7, 11) is 0. The van der Waals surface area contributed by atoms with Crippen molar-refractivity contribution in [3.63, 3.8) is 0 Å². The van der Waals surface area contributed by atoms with E-state index in [9.17, 15) is 10.1 Å². The second-order valence-corrected chi connectivity index (χ2v) is 3.83. The topological polar surface area (TPSA) is 64.4 Å². The molecular weight excluding hydrogens is 232 g/mol. The van der Waals surface area contributed by atoms with Crippen LogP contribution >= 0.6 is 0 Å². The Balaban J connectivity index is 2.86. The number of nitrogens with one attached hydrogen (secondary N) is 1. The molecule has 0 atom stereocenters. The number of benzene rings is 1. The van der Waals surface area contributed by atoms with Crippen LogP contribution in [0.3, 0.4) is 0 Å². The molecule has 18 heavy (non-hydrogen) atoms. The van der Waals surface area contributed by atoms with Gasteiger partial charge in [-0.15, -0.1) is 0 Å².